The van der Waals surface area contributed by atoms with E-state index in [0.717, 1.165) is 58.7 Å². The predicted octanol–water partition coefficient (Wildman–Crippen LogP) is 6.55. The average molecular weight is 553 g/mol. The van der Waals surface area contributed by atoms with Gasteiger partial charge >= 0.3 is 6.16 Å². The zero-order chi connectivity index (χ0) is 26.4. The van der Waals surface area contributed by atoms with Gasteiger partial charge in [0.05, 0.1) is 29.2 Å². The molecule has 0 unspecified atom stereocenters. The standard InChI is InChI=1S/C27H29ClN6O3S/c1-27(2,3)36-26(35)37-33-14-18-13-19(28)10-11-20(18)34-22(15-33)30-31-25(34)17-8-6-16(7-9-17)23-24-21(38-32-23)5-4-12-29-24/h4-5,10-13,16-17H,6-9,14-15H2,1-3H3. The van der Waals surface area contributed by atoms with Crippen LogP contribution in [-0.4, -0.2) is 40.9 Å². The molecule has 2 aliphatic rings. The molecule has 0 spiro atoms. The first-order valence-electron chi connectivity index (χ1n) is 12.8. The van der Waals surface area contributed by atoms with Crippen LogP contribution < -0.4 is 0 Å². The first-order valence-corrected chi connectivity index (χ1v) is 14.0. The number of halogens is 1. The van der Waals surface area contributed by atoms with Gasteiger partial charge in [0.2, 0.25) is 0 Å². The molecule has 9 nitrogen and oxygen atoms in total. The Hall–Kier alpha value is -3.08. The Morgan fingerprint density at radius 2 is 1.87 bits per heavy atom. The number of carbonyl (C=O) groups excluding carboxylic acids is 1. The smallest absolute Gasteiger partial charge is 0.427 e. The van der Waals surface area contributed by atoms with Gasteiger partial charge in [-0.1, -0.05) is 11.6 Å². The third-order valence-electron chi connectivity index (χ3n) is 7.03. The van der Waals surface area contributed by atoms with E-state index in [1.54, 1.807) is 25.8 Å². The Bertz CT molecular complexity index is 1490. The van der Waals surface area contributed by atoms with Gasteiger partial charge in [0.15, 0.2) is 5.82 Å². The van der Waals surface area contributed by atoms with Gasteiger partial charge in [-0.15, -0.1) is 15.3 Å². The quantitative estimate of drug-likeness (QED) is 0.264. The van der Waals surface area contributed by atoms with Crippen LogP contribution in [-0.2, 0) is 22.7 Å². The number of nitrogens with zero attached hydrogens (tertiary/aromatic N) is 6. The topological polar surface area (TPSA) is 95.3 Å². The Kier molecular flexibility index (Phi) is 6.57. The molecule has 4 aromatic rings. The average Bonchev–Trinajstić information content (AvgIpc) is 3.44. The SMILES string of the molecule is CC(C)(C)OC(=O)ON1Cc2cc(Cl)ccc2-n2c(nnc2C2CCC(c3nsc4cccnc34)CC2)C1. The number of ether oxygens (including phenoxy) is 1. The van der Waals surface area contributed by atoms with Crippen LogP contribution in [0.15, 0.2) is 36.5 Å². The molecule has 0 amide bonds. The first-order chi connectivity index (χ1) is 18.2. The van der Waals surface area contributed by atoms with Crippen molar-refractivity contribution in [3.05, 3.63) is 64.5 Å². The van der Waals surface area contributed by atoms with Gasteiger partial charge < -0.3 is 9.57 Å². The van der Waals surface area contributed by atoms with E-state index < -0.39 is 11.8 Å². The van der Waals surface area contributed by atoms with Crippen molar-refractivity contribution in [3.63, 3.8) is 0 Å². The first kappa shape index (κ1) is 25.2. The molecule has 0 radical (unpaired) electrons. The highest BCUT2D eigenvalue weighted by atomic mass is 35.5. The monoisotopic (exact) mass is 552 g/mol. The van der Waals surface area contributed by atoms with Gasteiger partial charge in [-0.05, 0) is 93.9 Å². The third-order valence-corrected chi connectivity index (χ3v) is 8.08. The van der Waals surface area contributed by atoms with Crippen molar-refractivity contribution in [2.45, 2.75) is 77.0 Å². The van der Waals surface area contributed by atoms with Crippen LogP contribution in [0.1, 0.15) is 81.2 Å². The summed E-state index contributed by atoms with van der Waals surface area (Å²) in [5, 5.41) is 11.4. The van der Waals surface area contributed by atoms with Crippen molar-refractivity contribution in [2.24, 2.45) is 0 Å². The minimum absolute atomic E-state index is 0.257. The minimum Gasteiger partial charge on any atom is -0.427 e. The summed E-state index contributed by atoms with van der Waals surface area (Å²) in [6, 6.07) is 9.81. The van der Waals surface area contributed by atoms with E-state index in [4.69, 9.17) is 25.5 Å². The molecule has 38 heavy (non-hydrogen) atoms. The molecule has 11 heteroatoms. The maximum Gasteiger partial charge on any atom is 0.528 e. The second-order valence-corrected chi connectivity index (χ2v) is 12.1. The van der Waals surface area contributed by atoms with E-state index >= 15 is 0 Å². The molecule has 1 saturated carbocycles. The second kappa shape index (κ2) is 9.91. The van der Waals surface area contributed by atoms with E-state index in [2.05, 4.69) is 25.8 Å². The molecule has 4 heterocycles. The van der Waals surface area contributed by atoms with Crippen molar-refractivity contribution in [2.75, 3.05) is 0 Å². The number of rotatable bonds is 3. The van der Waals surface area contributed by atoms with E-state index in [0.29, 0.717) is 23.3 Å². The van der Waals surface area contributed by atoms with Crippen LogP contribution in [0.3, 0.4) is 0 Å². The van der Waals surface area contributed by atoms with Gasteiger partial charge in [0.1, 0.15) is 16.9 Å². The Labute approximate surface area is 229 Å². The Morgan fingerprint density at radius 1 is 1.08 bits per heavy atom. The number of pyridine rings is 1. The number of hydrogen-bond acceptors (Lipinski definition) is 9. The fraction of sp³-hybridized carbons (Fsp3) is 0.444. The molecule has 0 atom stereocenters. The number of carbonyl (C=O) groups is 1. The normalized spacial score (nSPS) is 20.0. The largest absolute Gasteiger partial charge is 0.528 e. The second-order valence-electron chi connectivity index (χ2n) is 10.9. The van der Waals surface area contributed by atoms with Crippen LogP contribution in [0.2, 0.25) is 5.02 Å². The minimum atomic E-state index is -0.753. The molecular formula is C27H29ClN6O3S. The molecule has 6 rings (SSSR count). The number of benzene rings is 1. The van der Waals surface area contributed by atoms with E-state index in [-0.39, 0.29) is 12.5 Å². The van der Waals surface area contributed by atoms with Gasteiger partial charge in [-0.25, -0.2) is 4.79 Å². The summed E-state index contributed by atoms with van der Waals surface area (Å²) in [5.74, 6) is 2.29. The molecule has 198 valence electrons. The van der Waals surface area contributed by atoms with Crippen LogP contribution in [0, 0.1) is 0 Å². The van der Waals surface area contributed by atoms with E-state index in [1.165, 1.54) is 11.5 Å². The summed E-state index contributed by atoms with van der Waals surface area (Å²) in [5.41, 5.74) is 3.38. The summed E-state index contributed by atoms with van der Waals surface area (Å²) >= 11 is 7.89. The summed E-state index contributed by atoms with van der Waals surface area (Å²) < 4.78 is 13.4. The van der Waals surface area contributed by atoms with Crippen molar-refractivity contribution in [3.8, 4) is 5.69 Å². The molecular weight excluding hydrogens is 524 g/mol. The molecule has 3 aromatic heterocycles. The van der Waals surface area contributed by atoms with Crippen LogP contribution in [0.5, 0.6) is 0 Å². The number of aromatic nitrogens is 5. The number of fused-ring (bicyclic) bond motifs is 4. The summed E-state index contributed by atoms with van der Waals surface area (Å²) in [6.07, 6.45) is 5.09. The zero-order valence-electron chi connectivity index (χ0n) is 21.6. The fourth-order valence-corrected chi connectivity index (χ4v) is 6.40. The predicted molar refractivity (Wildman–Crippen MR) is 144 cm³/mol. The zero-order valence-corrected chi connectivity index (χ0v) is 23.1. The van der Waals surface area contributed by atoms with Gasteiger partial charge in [-0.2, -0.15) is 4.37 Å². The van der Waals surface area contributed by atoms with Gasteiger partial charge in [-0.3, -0.25) is 9.55 Å². The van der Waals surface area contributed by atoms with Crippen molar-refractivity contribution < 1.29 is 14.4 Å². The highest BCUT2D eigenvalue weighted by Gasteiger charge is 2.33. The van der Waals surface area contributed by atoms with Crippen molar-refractivity contribution >= 4 is 39.5 Å². The Balaban J connectivity index is 1.26. The van der Waals surface area contributed by atoms with Gasteiger partial charge in [0.25, 0.3) is 0 Å². The molecule has 1 aromatic carbocycles. The lowest BCUT2D eigenvalue weighted by Gasteiger charge is -2.27. The lowest BCUT2D eigenvalue weighted by molar-refractivity contribution is -0.155. The van der Waals surface area contributed by atoms with Gasteiger partial charge in [0, 0.05) is 23.1 Å². The lowest BCUT2D eigenvalue weighted by Crippen LogP contribution is -2.31. The van der Waals surface area contributed by atoms with E-state index in [1.807, 2.05) is 30.5 Å². The number of hydroxylamine groups is 2. The third kappa shape index (κ3) is 5.00. The highest BCUT2D eigenvalue weighted by Crippen LogP contribution is 2.43. The molecule has 1 fully saturated rings. The number of hydrogen-bond donors (Lipinski definition) is 0. The molecule has 1 aliphatic carbocycles. The van der Waals surface area contributed by atoms with Crippen LogP contribution in [0.25, 0.3) is 15.9 Å². The maximum absolute atomic E-state index is 12.4. The summed E-state index contributed by atoms with van der Waals surface area (Å²) in [6.45, 7) is 6.05. The maximum atomic E-state index is 12.4. The van der Waals surface area contributed by atoms with Crippen molar-refractivity contribution in [1.82, 2.24) is 29.2 Å². The van der Waals surface area contributed by atoms with Crippen LogP contribution >= 0.6 is 23.1 Å². The lowest BCUT2D eigenvalue weighted by atomic mass is 9.80. The summed E-state index contributed by atoms with van der Waals surface area (Å²) in [4.78, 5) is 22.6. The molecule has 0 saturated heterocycles. The highest BCUT2D eigenvalue weighted by molar-refractivity contribution is 7.13. The van der Waals surface area contributed by atoms with Crippen LogP contribution in [0.4, 0.5) is 4.79 Å². The molecule has 0 N–H and O–H groups in total. The fourth-order valence-electron chi connectivity index (χ4n) is 5.39. The Morgan fingerprint density at radius 3 is 2.66 bits per heavy atom. The summed E-state index contributed by atoms with van der Waals surface area (Å²) in [7, 11) is 0. The van der Waals surface area contributed by atoms with Crippen molar-refractivity contribution in [1.29, 1.82) is 0 Å². The molecule has 0 bridgehead atoms. The molecule has 1 aliphatic heterocycles. The van der Waals surface area contributed by atoms with E-state index in [9.17, 15) is 4.79 Å².